The van der Waals surface area contributed by atoms with Crippen LogP contribution >= 0.6 is 0 Å². The highest BCUT2D eigenvalue weighted by atomic mass is 16.5. The van der Waals surface area contributed by atoms with Crippen LogP contribution in [0.15, 0.2) is 69.9 Å². The summed E-state index contributed by atoms with van der Waals surface area (Å²) in [6.07, 6.45) is 6.46. The van der Waals surface area contributed by atoms with Crippen LogP contribution in [0, 0.1) is 0 Å². The van der Waals surface area contributed by atoms with Crippen molar-refractivity contribution < 1.29 is 23.1 Å². The summed E-state index contributed by atoms with van der Waals surface area (Å²) in [5.41, 5.74) is 0.841. The minimum absolute atomic E-state index is 0.151. The molecule has 0 unspecified atom stereocenters. The number of furan rings is 2. The number of rotatable bonds is 9. The third kappa shape index (κ3) is 5.07. The Bertz CT molecular complexity index is 861. The number of ether oxygens (including phenoxy) is 2. The average Bonchev–Trinajstić information content (AvgIpc) is 3.40. The van der Waals surface area contributed by atoms with Crippen molar-refractivity contribution in [1.29, 1.82) is 0 Å². The maximum absolute atomic E-state index is 12.8. The molecule has 0 saturated carbocycles. The van der Waals surface area contributed by atoms with Gasteiger partial charge in [0, 0.05) is 6.08 Å². The van der Waals surface area contributed by atoms with Gasteiger partial charge in [-0.2, -0.15) is 0 Å². The maximum atomic E-state index is 12.8. The second kappa shape index (κ2) is 9.50. The summed E-state index contributed by atoms with van der Waals surface area (Å²) in [4.78, 5) is 14.5. The highest BCUT2D eigenvalue weighted by molar-refractivity contribution is 5.91. The Hall–Kier alpha value is -3.41. The summed E-state index contributed by atoms with van der Waals surface area (Å²) in [5, 5.41) is 0. The van der Waals surface area contributed by atoms with E-state index in [0.29, 0.717) is 42.7 Å². The van der Waals surface area contributed by atoms with Crippen LogP contribution in [0.1, 0.15) is 24.0 Å². The zero-order valence-electron chi connectivity index (χ0n) is 16.0. The van der Waals surface area contributed by atoms with Crippen LogP contribution < -0.4 is 9.47 Å². The molecule has 0 aliphatic heterocycles. The fourth-order valence-electron chi connectivity index (χ4n) is 2.73. The van der Waals surface area contributed by atoms with Gasteiger partial charge in [-0.05, 0) is 55.0 Å². The number of nitrogens with zero attached hydrogens (tertiary/aromatic N) is 1. The van der Waals surface area contributed by atoms with Crippen LogP contribution in [0.3, 0.4) is 0 Å². The number of benzene rings is 1. The Morgan fingerprint density at radius 3 is 2.25 bits per heavy atom. The van der Waals surface area contributed by atoms with E-state index in [1.54, 1.807) is 42.7 Å². The number of amides is 1. The van der Waals surface area contributed by atoms with Gasteiger partial charge >= 0.3 is 0 Å². The maximum Gasteiger partial charge on any atom is 0.247 e. The second-order valence-electron chi connectivity index (χ2n) is 6.03. The van der Waals surface area contributed by atoms with Gasteiger partial charge < -0.3 is 23.2 Å². The topological polar surface area (TPSA) is 65.0 Å². The van der Waals surface area contributed by atoms with Crippen molar-refractivity contribution in [1.82, 2.24) is 4.90 Å². The van der Waals surface area contributed by atoms with Gasteiger partial charge in [-0.15, -0.1) is 0 Å². The monoisotopic (exact) mass is 381 g/mol. The number of hydrogen-bond donors (Lipinski definition) is 0. The molecule has 6 nitrogen and oxygen atoms in total. The van der Waals surface area contributed by atoms with Crippen molar-refractivity contribution >= 4 is 12.0 Å². The fraction of sp³-hybridized carbons (Fsp3) is 0.227. The Kier molecular flexibility index (Phi) is 6.57. The van der Waals surface area contributed by atoms with E-state index in [0.717, 1.165) is 5.56 Å². The van der Waals surface area contributed by atoms with E-state index in [2.05, 4.69) is 0 Å². The normalized spacial score (nSPS) is 10.9. The Balaban J connectivity index is 1.75. The lowest BCUT2D eigenvalue weighted by molar-refractivity contribution is -0.127. The first-order chi connectivity index (χ1) is 13.7. The van der Waals surface area contributed by atoms with Crippen LogP contribution in [0.5, 0.6) is 11.5 Å². The van der Waals surface area contributed by atoms with Gasteiger partial charge in [0.15, 0.2) is 11.5 Å². The molecule has 0 bridgehead atoms. The molecule has 3 rings (SSSR count). The standard InChI is InChI=1S/C22H23NO5/c1-3-26-21-14-17(8-10-20(21)25-2)9-11-22(24)23(15-18-6-4-12-27-18)16-19-7-5-13-28-19/h4-14H,3,15-16H2,1-2H3/b11-9+. The summed E-state index contributed by atoms with van der Waals surface area (Å²) in [6.45, 7) is 3.14. The van der Waals surface area contributed by atoms with Crippen molar-refractivity contribution in [2.75, 3.05) is 13.7 Å². The molecule has 0 atom stereocenters. The number of carbonyl (C=O) groups is 1. The molecular formula is C22H23NO5. The lowest BCUT2D eigenvalue weighted by atomic mass is 10.2. The third-order valence-corrected chi connectivity index (χ3v) is 4.07. The molecule has 0 spiro atoms. The number of carbonyl (C=O) groups excluding carboxylic acids is 1. The first kappa shape index (κ1) is 19.4. The molecule has 3 aromatic rings. The van der Waals surface area contributed by atoms with Crippen molar-refractivity contribution in [2.45, 2.75) is 20.0 Å². The molecule has 0 aliphatic rings. The zero-order chi connectivity index (χ0) is 19.8. The summed E-state index contributed by atoms with van der Waals surface area (Å²) in [7, 11) is 1.60. The molecule has 0 fully saturated rings. The molecule has 0 saturated heterocycles. The molecule has 6 heteroatoms. The molecule has 28 heavy (non-hydrogen) atoms. The van der Waals surface area contributed by atoms with Gasteiger partial charge in [0.2, 0.25) is 5.91 Å². The van der Waals surface area contributed by atoms with Crippen LogP contribution in [0.2, 0.25) is 0 Å². The molecule has 2 aromatic heterocycles. The lowest BCUT2D eigenvalue weighted by Gasteiger charge is -2.18. The summed E-state index contributed by atoms with van der Waals surface area (Å²) in [6, 6.07) is 12.8. The van der Waals surface area contributed by atoms with E-state index >= 15 is 0 Å². The first-order valence-corrected chi connectivity index (χ1v) is 9.02. The Labute approximate surface area is 164 Å². The van der Waals surface area contributed by atoms with Crippen molar-refractivity contribution in [3.63, 3.8) is 0 Å². The molecule has 0 N–H and O–H groups in total. The minimum Gasteiger partial charge on any atom is -0.493 e. The number of methoxy groups -OCH3 is 1. The van der Waals surface area contributed by atoms with Crippen LogP contribution in [-0.2, 0) is 17.9 Å². The van der Waals surface area contributed by atoms with E-state index < -0.39 is 0 Å². The average molecular weight is 381 g/mol. The zero-order valence-corrected chi connectivity index (χ0v) is 16.0. The van der Waals surface area contributed by atoms with E-state index in [4.69, 9.17) is 18.3 Å². The predicted octanol–water partition coefficient (Wildman–Crippen LogP) is 4.52. The lowest BCUT2D eigenvalue weighted by Crippen LogP contribution is -2.28. The highest BCUT2D eigenvalue weighted by Gasteiger charge is 2.15. The van der Waals surface area contributed by atoms with Crippen molar-refractivity contribution in [3.05, 3.63) is 78.2 Å². The third-order valence-electron chi connectivity index (χ3n) is 4.07. The van der Waals surface area contributed by atoms with Crippen LogP contribution in [0.4, 0.5) is 0 Å². The molecular weight excluding hydrogens is 358 g/mol. The van der Waals surface area contributed by atoms with Gasteiger partial charge in [-0.3, -0.25) is 4.79 Å². The molecule has 0 aliphatic carbocycles. The van der Waals surface area contributed by atoms with E-state index in [-0.39, 0.29) is 5.91 Å². The second-order valence-corrected chi connectivity index (χ2v) is 6.03. The van der Waals surface area contributed by atoms with E-state index in [1.165, 1.54) is 6.08 Å². The molecule has 0 radical (unpaired) electrons. The predicted molar refractivity (Wildman–Crippen MR) is 105 cm³/mol. The highest BCUT2D eigenvalue weighted by Crippen LogP contribution is 2.28. The summed E-state index contributed by atoms with van der Waals surface area (Å²) < 4.78 is 21.6. The Morgan fingerprint density at radius 2 is 1.71 bits per heavy atom. The molecule has 1 amide bonds. The van der Waals surface area contributed by atoms with Crippen LogP contribution in [0.25, 0.3) is 6.08 Å². The quantitative estimate of drug-likeness (QED) is 0.510. The van der Waals surface area contributed by atoms with Gasteiger partial charge in [0.05, 0.1) is 39.3 Å². The van der Waals surface area contributed by atoms with Crippen LogP contribution in [-0.4, -0.2) is 24.5 Å². The first-order valence-electron chi connectivity index (χ1n) is 9.02. The largest absolute Gasteiger partial charge is 0.493 e. The Morgan fingerprint density at radius 1 is 1.04 bits per heavy atom. The number of hydrogen-bond acceptors (Lipinski definition) is 5. The van der Waals surface area contributed by atoms with E-state index in [1.807, 2.05) is 37.3 Å². The van der Waals surface area contributed by atoms with Gasteiger partial charge in [-0.25, -0.2) is 0 Å². The fourth-order valence-corrected chi connectivity index (χ4v) is 2.73. The van der Waals surface area contributed by atoms with E-state index in [9.17, 15) is 4.79 Å². The smallest absolute Gasteiger partial charge is 0.247 e. The molecule has 2 heterocycles. The summed E-state index contributed by atoms with van der Waals surface area (Å²) >= 11 is 0. The molecule has 1 aromatic carbocycles. The van der Waals surface area contributed by atoms with Gasteiger partial charge in [0.25, 0.3) is 0 Å². The van der Waals surface area contributed by atoms with Gasteiger partial charge in [-0.1, -0.05) is 6.07 Å². The van der Waals surface area contributed by atoms with Gasteiger partial charge in [0.1, 0.15) is 11.5 Å². The molecule has 146 valence electrons. The van der Waals surface area contributed by atoms with Crippen molar-refractivity contribution in [3.8, 4) is 11.5 Å². The van der Waals surface area contributed by atoms with Crippen molar-refractivity contribution in [2.24, 2.45) is 0 Å². The SMILES string of the molecule is CCOc1cc(/C=C/C(=O)N(Cc2ccco2)Cc2ccco2)ccc1OC. The minimum atomic E-state index is -0.151. The summed E-state index contributed by atoms with van der Waals surface area (Å²) in [5.74, 6) is 2.56.